The average molecular weight is 633 g/mol. The number of rotatable bonds is 10. The van der Waals surface area contributed by atoms with Gasteiger partial charge in [0.2, 0.25) is 15.9 Å². The van der Waals surface area contributed by atoms with Crippen LogP contribution in [0.2, 0.25) is 0 Å². The van der Waals surface area contributed by atoms with Crippen LogP contribution in [0.5, 0.6) is 0 Å². The maximum Gasteiger partial charge on any atom is 0.404 e. The van der Waals surface area contributed by atoms with Crippen molar-refractivity contribution >= 4 is 21.6 Å². The third-order valence-electron chi connectivity index (χ3n) is 6.96. The highest BCUT2D eigenvalue weighted by atomic mass is 32.2. The van der Waals surface area contributed by atoms with Crippen molar-refractivity contribution in [3.05, 3.63) is 94.8 Å². The highest BCUT2D eigenvalue weighted by Gasteiger charge is 2.41. The van der Waals surface area contributed by atoms with Crippen LogP contribution in [0, 0.1) is 23.3 Å². The van der Waals surface area contributed by atoms with Gasteiger partial charge < -0.3 is 10.6 Å². The fraction of sp³-hybridized carbons (Fsp3) is 0.357. The number of nitrogens with one attached hydrogen (secondary N) is 2. The number of carbonyl (C=O) groups excluding carboxylic acids is 1. The first-order chi connectivity index (χ1) is 20.2. The Bertz CT molecular complexity index is 1530. The maximum absolute atomic E-state index is 14.9. The molecule has 1 aliphatic rings. The lowest BCUT2D eigenvalue weighted by Gasteiger charge is -2.35. The molecule has 1 saturated heterocycles. The molecule has 2 heterocycles. The Morgan fingerprint density at radius 1 is 1.00 bits per heavy atom. The molecular weight excluding hydrogens is 605 g/mol. The molecule has 4 rings (SSSR count). The van der Waals surface area contributed by atoms with Gasteiger partial charge in [0.1, 0.15) is 23.3 Å². The molecule has 0 aliphatic carbocycles. The fourth-order valence-electron chi connectivity index (χ4n) is 5.07. The topological polar surface area (TPSA) is 91.4 Å². The molecule has 2 N–H and O–H groups in total. The number of halogens is 7. The normalized spacial score (nSPS) is 17.0. The van der Waals surface area contributed by atoms with Crippen LogP contribution in [-0.4, -0.2) is 61.2 Å². The highest BCUT2D eigenvalue weighted by Crippen LogP contribution is 2.31. The molecule has 1 amide bonds. The maximum atomic E-state index is 14.9. The molecule has 2 aromatic carbocycles. The minimum Gasteiger partial charge on any atom is -0.324 e. The number of alkyl halides is 3. The van der Waals surface area contributed by atoms with Crippen molar-refractivity contribution in [3.8, 4) is 0 Å². The van der Waals surface area contributed by atoms with Gasteiger partial charge in [-0.3, -0.25) is 9.78 Å². The van der Waals surface area contributed by atoms with Crippen molar-refractivity contribution in [2.45, 2.75) is 37.4 Å². The van der Waals surface area contributed by atoms with E-state index in [1.807, 2.05) is 0 Å². The number of piperazine rings is 1. The van der Waals surface area contributed by atoms with E-state index in [2.05, 4.69) is 15.6 Å². The molecule has 1 fully saturated rings. The van der Waals surface area contributed by atoms with E-state index in [0.29, 0.717) is 11.6 Å². The van der Waals surface area contributed by atoms with E-state index < -0.39 is 63.1 Å². The summed E-state index contributed by atoms with van der Waals surface area (Å²) in [6, 6.07) is 6.80. The summed E-state index contributed by atoms with van der Waals surface area (Å²) < 4.78 is 121. The molecule has 0 spiro atoms. The standard InChI is InChI=1S/C28H27F7N4O3S/c29-19-3-1-17(2-4-19)24(18-9-20(30)11-21(31)10-18)12-27(40)38-26-15-37-14-25(32)23(26)6-5-22-13-36-7-8-39(22)43(41,42)16-28(33,34)35/h1-4,9-11,14-15,22,24,36H,5-8,12-13,16H2,(H,38,40)/t22-,24-/m0/s1. The molecule has 0 saturated carbocycles. The Kier molecular flexibility index (Phi) is 10.1. The van der Waals surface area contributed by atoms with Gasteiger partial charge in [-0.15, -0.1) is 0 Å². The van der Waals surface area contributed by atoms with Gasteiger partial charge in [-0.2, -0.15) is 17.5 Å². The number of carbonyl (C=O) groups is 1. The number of aromatic nitrogens is 1. The van der Waals surface area contributed by atoms with Crippen molar-refractivity contribution in [2.75, 3.05) is 30.7 Å². The number of nitrogens with zero attached hydrogens (tertiary/aromatic N) is 2. The molecule has 1 aliphatic heterocycles. The van der Waals surface area contributed by atoms with Crippen molar-refractivity contribution in [1.82, 2.24) is 14.6 Å². The first-order valence-corrected chi connectivity index (χ1v) is 14.7. The molecule has 232 valence electrons. The number of pyridine rings is 1. The second-order valence-electron chi connectivity index (χ2n) is 10.1. The van der Waals surface area contributed by atoms with Crippen molar-refractivity contribution in [1.29, 1.82) is 0 Å². The first kappa shape index (κ1) is 32.4. The van der Waals surface area contributed by atoms with E-state index in [0.717, 1.165) is 41.0 Å². The Morgan fingerprint density at radius 2 is 1.67 bits per heavy atom. The van der Waals surface area contributed by atoms with Gasteiger partial charge in [0, 0.05) is 49.6 Å². The van der Waals surface area contributed by atoms with Crippen LogP contribution in [0.15, 0.2) is 54.9 Å². The highest BCUT2D eigenvalue weighted by molar-refractivity contribution is 7.89. The number of amides is 1. The van der Waals surface area contributed by atoms with Crippen molar-refractivity contribution in [3.63, 3.8) is 0 Å². The molecule has 2 atom stereocenters. The van der Waals surface area contributed by atoms with Gasteiger partial charge in [-0.1, -0.05) is 12.1 Å². The summed E-state index contributed by atoms with van der Waals surface area (Å²) in [6.45, 7) is -0.0189. The van der Waals surface area contributed by atoms with E-state index in [1.165, 1.54) is 12.1 Å². The molecule has 7 nitrogen and oxygen atoms in total. The molecule has 0 unspecified atom stereocenters. The predicted molar refractivity (Wildman–Crippen MR) is 144 cm³/mol. The Balaban J connectivity index is 1.53. The largest absolute Gasteiger partial charge is 0.404 e. The van der Waals surface area contributed by atoms with Gasteiger partial charge >= 0.3 is 6.18 Å². The predicted octanol–water partition coefficient (Wildman–Crippen LogP) is 4.90. The van der Waals surface area contributed by atoms with E-state index >= 15 is 0 Å². The molecule has 1 aromatic heterocycles. The van der Waals surface area contributed by atoms with Crippen molar-refractivity contribution < 1.29 is 43.9 Å². The van der Waals surface area contributed by atoms with Crippen LogP contribution in [0.1, 0.15) is 35.4 Å². The second-order valence-corrected chi connectivity index (χ2v) is 12.0. The lowest BCUT2D eigenvalue weighted by molar-refractivity contribution is -0.116. The zero-order valence-corrected chi connectivity index (χ0v) is 23.3. The summed E-state index contributed by atoms with van der Waals surface area (Å²) in [4.78, 5) is 16.9. The summed E-state index contributed by atoms with van der Waals surface area (Å²) >= 11 is 0. The van der Waals surface area contributed by atoms with Gasteiger partial charge in [-0.25, -0.2) is 26.0 Å². The molecule has 3 aromatic rings. The third kappa shape index (κ3) is 8.74. The second kappa shape index (κ2) is 13.4. The summed E-state index contributed by atoms with van der Waals surface area (Å²) in [7, 11) is -4.69. The summed E-state index contributed by atoms with van der Waals surface area (Å²) in [5.74, 6) is -6.83. The number of hydrogen-bond acceptors (Lipinski definition) is 5. The van der Waals surface area contributed by atoms with Crippen LogP contribution in [-0.2, 0) is 21.2 Å². The van der Waals surface area contributed by atoms with Crippen LogP contribution in [0.3, 0.4) is 0 Å². The van der Waals surface area contributed by atoms with Crippen LogP contribution in [0.4, 0.5) is 36.4 Å². The quantitative estimate of drug-likeness (QED) is 0.311. The zero-order valence-electron chi connectivity index (χ0n) is 22.5. The minimum atomic E-state index is -4.94. The van der Waals surface area contributed by atoms with Gasteiger partial charge in [-0.05, 0) is 48.2 Å². The molecular formula is C28H27F7N4O3S. The van der Waals surface area contributed by atoms with E-state index in [1.54, 1.807) is 0 Å². The van der Waals surface area contributed by atoms with Crippen LogP contribution >= 0.6 is 0 Å². The van der Waals surface area contributed by atoms with E-state index in [4.69, 9.17) is 0 Å². The summed E-state index contributed by atoms with van der Waals surface area (Å²) in [5.41, 5.74) is 0.352. The minimum absolute atomic E-state index is 0.0367. The zero-order chi connectivity index (χ0) is 31.4. The Labute approximate surface area is 243 Å². The smallest absolute Gasteiger partial charge is 0.324 e. The van der Waals surface area contributed by atoms with Gasteiger partial charge in [0.25, 0.3) is 0 Å². The Morgan fingerprint density at radius 3 is 2.33 bits per heavy atom. The third-order valence-corrected chi connectivity index (χ3v) is 8.84. The van der Waals surface area contributed by atoms with Crippen molar-refractivity contribution in [2.24, 2.45) is 0 Å². The van der Waals surface area contributed by atoms with E-state index in [-0.39, 0.29) is 55.7 Å². The van der Waals surface area contributed by atoms with Gasteiger partial charge in [0.15, 0.2) is 5.75 Å². The van der Waals surface area contributed by atoms with E-state index in [9.17, 15) is 43.9 Å². The SMILES string of the molecule is O=C(C[C@@H](c1ccc(F)cc1)c1cc(F)cc(F)c1)Nc1cncc(F)c1CC[C@H]1CNCCN1S(=O)(=O)CC(F)(F)F. The molecule has 0 bridgehead atoms. The molecule has 43 heavy (non-hydrogen) atoms. The lowest BCUT2D eigenvalue weighted by atomic mass is 9.88. The monoisotopic (exact) mass is 632 g/mol. The molecule has 15 heteroatoms. The lowest BCUT2D eigenvalue weighted by Crippen LogP contribution is -2.55. The Hall–Kier alpha value is -3.56. The average Bonchev–Trinajstić information content (AvgIpc) is 2.90. The fourth-order valence-corrected chi connectivity index (χ4v) is 6.65. The number of benzene rings is 2. The van der Waals surface area contributed by atoms with Crippen LogP contribution in [0.25, 0.3) is 0 Å². The first-order valence-electron chi connectivity index (χ1n) is 13.1. The number of sulfonamides is 1. The summed E-state index contributed by atoms with van der Waals surface area (Å²) in [6.07, 6.45) is -3.53. The van der Waals surface area contributed by atoms with Gasteiger partial charge in [0.05, 0.1) is 18.1 Å². The summed E-state index contributed by atoms with van der Waals surface area (Å²) in [5, 5.41) is 5.44. The number of anilines is 1. The number of hydrogen-bond donors (Lipinski definition) is 2. The molecule has 0 radical (unpaired) electrons. The van der Waals surface area contributed by atoms with Crippen LogP contribution < -0.4 is 10.6 Å².